The van der Waals surface area contributed by atoms with Gasteiger partial charge in [-0.25, -0.2) is 9.97 Å². The third-order valence-electron chi connectivity index (χ3n) is 3.61. The minimum atomic E-state index is 0.751. The lowest BCUT2D eigenvalue weighted by Gasteiger charge is -2.12. The maximum Gasteiger partial charge on any atom is 0.157 e. The Hall–Kier alpha value is -3.08. The Kier molecular flexibility index (Phi) is 2.89. The fourth-order valence-corrected chi connectivity index (χ4v) is 2.57. The molecule has 22 heavy (non-hydrogen) atoms. The van der Waals surface area contributed by atoms with Gasteiger partial charge in [-0.1, -0.05) is 24.3 Å². The molecule has 0 aliphatic heterocycles. The Morgan fingerprint density at radius 2 is 1.82 bits per heavy atom. The first-order valence-electron chi connectivity index (χ1n) is 6.97. The fraction of sp³-hybridized carbons (Fsp3) is 0.0588. The first-order valence-corrected chi connectivity index (χ1v) is 6.97. The third-order valence-corrected chi connectivity index (χ3v) is 3.61. The lowest BCUT2D eigenvalue weighted by molar-refractivity contribution is 0.417. The van der Waals surface area contributed by atoms with E-state index in [1.54, 1.807) is 19.6 Å². The van der Waals surface area contributed by atoms with Crippen LogP contribution in [-0.2, 0) is 0 Å². The van der Waals surface area contributed by atoms with Crippen molar-refractivity contribution in [1.82, 2.24) is 14.4 Å². The molecule has 5 nitrogen and oxygen atoms in total. The largest absolute Gasteiger partial charge is 0.495 e. The van der Waals surface area contributed by atoms with E-state index in [9.17, 15) is 0 Å². The van der Waals surface area contributed by atoms with E-state index in [-0.39, 0.29) is 0 Å². The highest BCUT2D eigenvalue weighted by atomic mass is 16.5. The van der Waals surface area contributed by atoms with E-state index in [1.165, 1.54) is 0 Å². The summed E-state index contributed by atoms with van der Waals surface area (Å²) in [6, 6.07) is 15.8. The summed E-state index contributed by atoms with van der Waals surface area (Å²) in [6.07, 6.45) is 3.60. The smallest absolute Gasteiger partial charge is 0.157 e. The van der Waals surface area contributed by atoms with E-state index in [0.717, 1.165) is 33.8 Å². The average molecular weight is 290 g/mol. The molecule has 2 aromatic carbocycles. The molecule has 0 bridgehead atoms. The van der Waals surface area contributed by atoms with Gasteiger partial charge in [0.05, 0.1) is 36.4 Å². The summed E-state index contributed by atoms with van der Waals surface area (Å²) in [5, 5.41) is 3.35. The molecule has 0 amide bonds. The van der Waals surface area contributed by atoms with E-state index in [1.807, 2.05) is 52.9 Å². The maximum atomic E-state index is 5.39. The van der Waals surface area contributed by atoms with Crippen LogP contribution in [0.15, 0.2) is 61.1 Å². The quantitative estimate of drug-likeness (QED) is 0.626. The van der Waals surface area contributed by atoms with Gasteiger partial charge in [0.2, 0.25) is 0 Å². The van der Waals surface area contributed by atoms with E-state index >= 15 is 0 Å². The molecular weight excluding hydrogens is 276 g/mol. The molecule has 1 N–H and O–H groups in total. The van der Waals surface area contributed by atoms with Gasteiger partial charge in [0.25, 0.3) is 0 Å². The second-order valence-corrected chi connectivity index (χ2v) is 4.92. The molecule has 0 saturated heterocycles. The molecule has 4 rings (SSSR count). The molecule has 0 saturated carbocycles. The number of nitrogens with one attached hydrogen (secondary N) is 1. The number of anilines is 2. The molecule has 4 aromatic rings. The van der Waals surface area contributed by atoms with Crippen molar-refractivity contribution in [2.24, 2.45) is 0 Å². The summed E-state index contributed by atoms with van der Waals surface area (Å²) in [6.45, 7) is 0. The van der Waals surface area contributed by atoms with Crippen molar-refractivity contribution in [2.75, 3.05) is 12.4 Å². The van der Waals surface area contributed by atoms with Crippen molar-refractivity contribution in [3.63, 3.8) is 0 Å². The zero-order chi connectivity index (χ0) is 14.9. The number of hydrogen-bond donors (Lipinski definition) is 1. The number of aromatic nitrogens is 3. The Morgan fingerprint density at radius 3 is 2.73 bits per heavy atom. The summed E-state index contributed by atoms with van der Waals surface area (Å²) in [7, 11) is 1.66. The minimum absolute atomic E-state index is 0.751. The van der Waals surface area contributed by atoms with Crippen molar-refractivity contribution in [3.05, 3.63) is 61.1 Å². The summed E-state index contributed by atoms with van der Waals surface area (Å²) >= 11 is 0. The van der Waals surface area contributed by atoms with Crippen LogP contribution in [0.1, 0.15) is 0 Å². The topological polar surface area (TPSA) is 51.5 Å². The summed E-state index contributed by atoms with van der Waals surface area (Å²) < 4.78 is 7.41. The minimum Gasteiger partial charge on any atom is -0.495 e. The van der Waals surface area contributed by atoms with Crippen LogP contribution < -0.4 is 10.1 Å². The highest BCUT2D eigenvalue weighted by Crippen LogP contribution is 2.29. The number of imidazole rings is 1. The first-order chi connectivity index (χ1) is 10.9. The summed E-state index contributed by atoms with van der Waals surface area (Å²) in [5.74, 6) is 1.52. The summed E-state index contributed by atoms with van der Waals surface area (Å²) in [5.41, 5.74) is 3.73. The van der Waals surface area contributed by atoms with Crippen LogP contribution in [0.25, 0.3) is 16.6 Å². The molecule has 108 valence electrons. The Morgan fingerprint density at radius 1 is 1.00 bits per heavy atom. The molecule has 0 fully saturated rings. The maximum absolute atomic E-state index is 5.39. The molecule has 0 atom stereocenters. The van der Waals surface area contributed by atoms with Crippen LogP contribution in [0.3, 0.4) is 0 Å². The highest BCUT2D eigenvalue weighted by Gasteiger charge is 2.10. The van der Waals surface area contributed by atoms with Gasteiger partial charge in [0.15, 0.2) is 5.82 Å². The highest BCUT2D eigenvalue weighted by molar-refractivity contribution is 5.86. The molecule has 0 radical (unpaired) electrons. The van der Waals surface area contributed by atoms with Gasteiger partial charge < -0.3 is 10.1 Å². The van der Waals surface area contributed by atoms with Crippen LogP contribution in [-0.4, -0.2) is 21.5 Å². The van der Waals surface area contributed by atoms with Crippen molar-refractivity contribution < 1.29 is 4.74 Å². The number of para-hydroxylation sites is 4. The van der Waals surface area contributed by atoms with E-state index in [2.05, 4.69) is 10.3 Å². The van der Waals surface area contributed by atoms with Crippen LogP contribution in [0.4, 0.5) is 11.5 Å². The first kappa shape index (κ1) is 12.6. The lowest BCUT2D eigenvalue weighted by Crippen LogP contribution is -2.00. The predicted molar refractivity (Wildman–Crippen MR) is 86.8 cm³/mol. The van der Waals surface area contributed by atoms with Crippen molar-refractivity contribution >= 4 is 28.1 Å². The molecular formula is C17H14N4O. The molecule has 5 heteroatoms. The molecule has 0 aliphatic rings. The Balaban J connectivity index is 1.92. The van der Waals surface area contributed by atoms with Gasteiger partial charge in [-0.3, -0.25) is 4.40 Å². The number of nitrogens with zero attached hydrogens (tertiary/aromatic N) is 3. The third kappa shape index (κ3) is 1.95. The standard InChI is InChI=1S/C17H14N4O/c1-22-16-9-5-3-7-13(16)20-17-15-10-18-11-21(15)14-8-4-2-6-12(14)19-17/h2-11H,1H3,(H,19,20). The van der Waals surface area contributed by atoms with Crippen LogP contribution in [0.5, 0.6) is 5.75 Å². The summed E-state index contributed by atoms with van der Waals surface area (Å²) in [4.78, 5) is 8.97. The number of benzene rings is 2. The van der Waals surface area contributed by atoms with Crippen LogP contribution in [0, 0.1) is 0 Å². The predicted octanol–water partition coefficient (Wildman–Crippen LogP) is 3.63. The molecule has 2 heterocycles. The molecule has 2 aromatic heterocycles. The molecule has 0 aliphatic carbocycles. The number of fused-ring (bicyclic) bond motifs is 3. The Bertz CT molecular complexity index is 961. The second-order valence-electron chi connectivity index (χ2n) is 4.92. The van der Waals surface area contributed by atoms with Gasteiger partial charge in [-0.05, 0) is 24.3 Å². The van der Waals surface area contributed by atoms with E-state index in [0.29, 0.717) is 0 Å². The number of rotatable bonds is 3. The molecule has 0 unspecified atom stereocenters. The van der Waals surface area contributed by atoms with Crippen molar-refractivity contribution in [3.8, 4) is 5.75 Å². The number of ether oxygens (including phenoxy) is 1. The number of hydrogen-bond acceptors (Lipinski definition) is 4. The monoisotopic (exact) mass is 290 g/mol. The van der Waals surface area contributed by atoms with Crippen molar-refractivity contribution in [1.29, 1.82) is 0 Å². The van der Waals surface area contributed by atoms with Gasteiger partial charge >= 0.3 is 0 Å². The Labute approximate surface area is 127 Å². The molecule has 0 spiro atoms. The second kappa shape index (κ2) is 5.04. The van der Waals surface area contributed by atoms with Gasteiger partial charge in [-0.2, -0.15) is 0 Å². The average Bonchev–Trinajstić information content (AvgIpc) is 3.06. The van der Waals surface area contributed by atoms with Gasteiger partial charge in [0.1, 0.15) is 11.3 Å². The lowest BCUT2D eigenvalue weighted by atomic mass is 10.2. The normalized spacial score (nSPS) is 11.0. The van der Waals surface area contributed by atoms with Gasteiger partial charge in [0, 0.05) is 0 Å². The fourth-order valence-electron chi connectivity index (χ4n) is 2.57. The van der Waals surface area contributed by atoms with E-state index < -0.39 is 0 Å². The SMILES string of the molecule is COc1ccccc1Nc1nc2ccccc2n2cncc12. The van der Waals surface area contributed by atoms with E-state index in [4.69, 9.17) is 9.72 Å². The zero-order valence-corrected chi connectivity index (χ0v) is 12.0. The number of methoxy groups -OCH3 is 1. The van der Waals surface area contributed by atoms with Crippen molar-refractivity contribution in [2.45, 2.75) is 0 Å². The van der Waals surface area contributed by atoms with Gasteiger partial charge in [-0.15, -0.1) is 0 Å². The zero-order valence-electron chi connectivity index (χ0n) is 12.0. The van der Waals surface area contributed by atoms with Crippen LogP contribution >= 0.6 is 0 Å². The van der Waals surface area contributed by atoms with Crippen LogP contribution in [0.2, 0.25) is 0 Å².